The smallest absolute Gasteiger partial charge is 0.104 e. The molecule has 24 heavy (non-hydrogen) atoms. The van der Waals surface area contributed by atoms with Gasteiger partial charge in [0.2, 0.25) is 0 Å². The van der Waals surface area contributed by atoms with Crippen LogP contribution in [0.4, 0.5) is 0 Å². The first-order valence-electron chi connectivity index (χ1n) is 7.97. The second-order valence-corrected chi connectivity index (χ2v) is 7.34. The molecule has 1 fully saturated rings. The van der Waals surface area contributed by atoms with Crippen LogP contribution in [-0.2, 0) is 16.8 Å². The average molecular weight is 388 g/mol. The molecule has 0 bridgehead atoms. The lowest BCUT2D eigenvalue weighted by molar-refractivity contribution is -0.00246. The molecule has 0 spiro atoms. The Morgan fingerprint density at radius 3 is 2.58 bits per heavy atom. The highest BCUT2D eigenvalue weighted by atomic mass is 35.5. The summed E-state index contributed by atoms with van der Waals surface area (Å²) in [6.45, 7) is 4.30. The van der Waals surface area contributed by atoms with E-state index in [1.807, 2.05) is 41.8 Å². The lowest BCUT2D eigenvalue weighted by atomic mass is 9.89. The first-order chi connectivity index (χ1) is 11.2. The van der Waals surface area contributed by atoms with Crippen LogP contribution in [0.15, 0.2) is 41.8 Å². The number of hydrogen-bond donors (Lipinski definition) is 1. The van der Waals surface area contributed by atoms with Crippen LogP contribution in [0.3, 0.4) is 0 Å². The van der Waals surface area contributed by atoms with Crippen molar-refractivity contribution in [3.63, 3.8) is 0 Å². The molecule has 0 saturated carbocycles. The molecule has 1 atom stereocenters. The van der Waals surface area contributed by atoms with Gasteiger partial charge in [0.05, 0.1) is 13.2 Å². The Balaban J connectivity index is 0.00000208. The zero-order chi connectivity index (χ0) is 16.1. The lowest BCUT2D eigenvalue weighted by Gasteiger charge is -2.32. The van der Waals surface area contributed by atoms with Gasteiger partial charge in [-0.2, -0.15) is 0 Å². The van der Waals surface area contributed by atoms with Crippen LogP contribution in [0.5, 0.6) is 0 Å². The quantitative estimate of drug-likeness (QED) is 0.813. The van der Waals surface area contributed by atoms with Gasteiger partial charge in [-0.05, 0) is 29.5 Å². The number of ether oxygens (including phenoxy) is 1. The van der Waals surface area contributed by atoms with Gasteiger partial charge < -0.3 is 9.84 Å². The van der Waals surface area contributed by atoms with Crippen molar-refractivity contribution in [1.82, 2.24) is 4.90 Å². The molecule has 0 amide bonds. The first-order valence-corrected chi connectivity index (χ1v) is 9.23. The number of aliphatic hydroxyl groups is 1. The standard InChI is InChI=1S/C18H22ClNO2S.ClH/c19-16-5-2-1-4-15(16)14-18(21,17-6-3-13-23-17)7-8-20-9-11-22-12-10-20;/h1-6,13,21H,7-12,14H2;1H. The van der Waals surface area contributed by atoms with Crippen molar-refractivity contribution >= 4 is 35.3 Å². The fourth-order valence-electron chi connectivity index (χ4n) is 2.97. The summed E-state index contributed by atoms with van der Waals surface area (Å²) in [7, 11) is 0. The molecule has 2 heterocycles. The zero-order valence-electron chi connectivity index (χ0n) is 13.5. The van der Waals surface area contributed by atoms with Crippen LogP contribution in [0.2, 0.25) is 5.02 Å². The highest BCUT2D eigenvalue weighted by Gasteiger charge is 2.32. The Morgan fingerprint density at radius 1 is 1.17 bits per heavy atom. The third-order valence-corrected chi connectivity index (χ3v) is 5.80. The van der Waals surface area contributed by atoms with E-state index in [1.54, 1.807) is 11.3 Å². The number of nitrogens with zero attached hydrogens (tertiary/aromatic N) is 1. The van der Waals surface area contributed by atoms with Gasteiger partial charge in [-0.25, -0.2) is 0 Å². The van der Waals surface area contributed by atoms with Gasteiger partial charge >= 0.3 is 0 Å². The van der Waals surface area contributed by atoms with Crippen LogP contribution >= 0.6 is 35.3 Å². The Labute approximate surface area is 158 Å². The Hall–Kier alpha value is -0.620. The van der Waals surface area contributed by atoms with Crippen molar-refractivity contribution in [2.45, 2.75) is 18.4 Å². The number of thiophene rings is 1. The van der Waals surface area contributed by atoms with Crippen molar-refractivity contribution < 1.29 is 9.84 Å². The van der Waals surface area contributed by atoms with E-state index in [0.29, 0.717) is 17.9 Å². The third kappa shape index (κ3) is 4.94. The van der Waals surface area contributed by atoms with E-state index in [0.717, 1.165) is 43.3 Å². The molecule has 0 aliphatic carbocycles. The van der Waals surface area contributed by atoms with Crippen molar-refractivity contribution in [1.29, 1.82) is 0 Å². The minimum absolute atomic E-state index is 0. The predicted octanol–water partition coefficient (Wildman–Crippen LogP) is 3.98. The molecule has 3 nitrogen and oxygen atoms in total. The summed E-state index contributed by atoms with van der Waals surface area (Å²) in [5.74, 6) is 0. The number of benzene rings is 1. The van der Waals surface area contributed by atoms with Crippen LogP contribution in [0, 0.1) is 0 Å². The summed E-state index contributed by atoms with van der Waals surface area (Å²) >= 11 is 7.91. The van der Waals surface area contributed by atoms with Crippen molar-refractivity contribution in [3.8, 4) is 0 Å². The van der Waals surface area contributed by atoms with Gasteiger partial charge in [-0.15, -0.1) is 23.7 Å². The Morgan fingerprint density at radius 2 is 1.92 bits per heavy atom. The fourth-order valence-corrected chi connectivity index (χ4v) is 4.02. The summed E-state index contributed by atoms with van der Waals surface area (Å²) in [5.41, 5.74) is 0.115. The average Bonchev–Trinajstić information content (AvgIpc) is 3.12. The highest BCUT2D eigenvalue weighted by molar-refractivity contribution is 7.10. The topological polar surface area (TPSA) is 32.7 Å². The van der Waals surface area contributed by atoms with Crippen molar-refractivity contribution in [2.24, 2.45) is 0 Å². The maximum absolute atomic E-state index is 11.4. The summed E-state index contributed by atoms with van der Waals surface area (Å²) in [6, 6.07) is 11.8. The molecular formula is C18H23Cl2NO2S. The molecule has 2 aromatic rings. The van der Waals surface area contributed by atoms with Gasteiger partial charge in [0.15, 0.2) is 0 Å². The number of halogens is 2. The van der Waals surface area contributed by atoms with Gasteiger partial charge in [0, 0.05) is 36.0 Å². The van der Waals surface area contributed by atoms with Crippen LogP contribution < -0.4 is 0 Å². The van der Waals surface area contributed by atoms with E-state index in [1.165, 1.54) is 0 Å². The van der Waals surface area contributed by atoms with Crippen molar-refractivity contribution in [2.75, 3.05) is 32.8 Å². The predicted molar refractivity (Wildman–Crippen MR) is 102 cm³/mol. The molecule has 3 rings (SSSR count). The van der Waals surface area contributed by atoms with Gasteiger partial charge in [0.1, 0.15) is 5.60 Å². The molecule has 0 radical (unpaired) electrons. The molecular weight excluding hydrogens is 365 g/mol. The first kappa shape index (κ1) is 19.7. The van der Waals surface area contributed by atoms with Gasteiger partial charge in [-0.3, -0.25) is 4.90 Å². The highest BCUT2D eigenvalue weighted by Crippen LogP contribution is 2.34. The van der Waals surface area contributed by atoms with Crippen molar-refractivity contribution in [3.05, 3.63) is 57.2 Å². The Kier molecular flexibility index (Phi) is 7.54. The minimum atomic E-state index is -0.878. The molecule has 1 aliphatic heterocycles. The molecule has 1 unspecified atom stereocenters. The SMILES string of the molecule is Cl.OC(CCN1CCOCC1)(Cc1ccccc1Cl)c1cccs1. The molecule has 1 aromatic carbocycles. The molecule has 1 saturated heterocycles. The largest absolute Gasteiger partial charge is 0.384 e. The van der Waals surface area contributed by atoms with E-state index >= 15 is 0 Å². The van der Waals surface area contributed by atoms with E-state index in [2.05, 4.69) is 4.90 Å². The molecule has 6 heteroatoms. The lowest BCUT2D eigenvalue weighted by Crippen LogP contribution is -2.40. The second kappa shape index (κ2) is 9.18. The fraction of sp³-hybridized carbons (Fsp3) is 0.444. The summed E-state index contributed by atoms with van der Waals surface area (Å²) < 4.78 is 5.40. The van der Waals surface area contributed by atoms with Gasteiger partial charge in [-0.1, -0.05) is 35.9 Å². The Bertz CT molecular complexity index is 617. The zero-order valence-corrected chi connectivity index (χ0v) is 15.9. The number of rotatable bonds is 6. The molecule has 132 valence electrons. The van der Waals surface area contributed by atoms with E-state index in [9.17, 15) is 5.11 Å². The summed E-state index contributed by atoms with van der Waals surface area (Å²) in [5, 5.41) is 14.1. The van der Waals surface area contributed by atoms with E-state index < -0.39 is 5.60 Å². The second-order valence-electron chi connectivity index (χ2n) is 5.98. The maximum Gasteiger partial charge on any atom is 0.104 e. The number of hydrogen-bond acceptors (Lipinski definition) is 4. The third-order valence-electron chi connectivity index (χ3n) is 4.37. The van der Waals surface area contributed by atoms with E-state index in [4.69, 9.17) is 16.3 Å². The molecule has 1 aliphatic rings. The minimum Gasteiger partial charge on any atom is -0.384 e. The number of morpholine rings is 1. The monoisotopic (exact) mass is 387 g/mol. The molecule has 1 N–H and O–H groups in total. The van der Waals surface area contributed by atoms with E-state index in [-0.39, 0.29) is 12.4 Å². The van der Waals surface area contributed by atoms with Gasteiger partial charge in [0.25, 0.3) is 0 Å². The van der Waals surface area contributed by atoms with Crippen LogP contribution in [0.1, 0.15) is 16.9 Å². The summed E-state index contributed by atoms with van der Waals surface area (Å²) in [4.78, 5) is 3.36. The van der Waals surface area contributed by atoms with Crippen LogP contribution in [0.25, 0.3) is 0 Å². The normalized spacial score (nSPS) is 17.9. The van der Waals surface area contributed by atoms with Crippen LogP contribution in [-0.4, -0.2) is 42.9 Å². The maximum atomic E-state index is 11.4. The molecule has 1 aromatic heterocycles. The summed E-state index contributed by atoms with van der Waals surface area (Å²) in [6.07, 6.45) is 1.23.